The molecule has 0 N–H and O–H groups in total. The number of ether oxygens (including phenoxy) is 1. The summed E-state index contributed by atoms with van der Waals surface area (Å²) in [6.45, 7) is 2.63. The molecule has 4 heteroatoms. The van der Waals surface area contributed by atoms with Gasteiger partial charge in [0.2, 0.25) is 5.91 Å². The lowest BCUT2D eigenvalue weighted by Crippen LogP contribution is -2.39. The van der Waals surface area contributed by atoms with Gasteiger partial charge < -0.3 is 4.74 Å². The third-order valence-electron chi connectivity index (χ3n) is 4.15. The van der Waals surface area contributed by atoms with Gasteiger partial charge in [0.15, 0.2) is 0 Å². The molecule has 22 heavy (non-hydrogen) atoms. The van der Waals surface area contributed by atoms with Gasteiger partial charge in [-0.05, 0) is 43.2 Å². The number of anilines is 1. The number of aryl methyl sites for hydroxylation is 1. The fourth-order valence-corrected chi connectivity index (χ4v) is 2.89. The highest BCUT2D eigenvalue weighted by Gasteiger charge is 2.28. The third-order valence-corrected chi connectivity index (χ3v) is 4.15. The SMILES string of the molecule is COc1ccc([C@H]2CCC(=O)N(c3cccc(C)n3)C2)cc1. The molecule has 2 aromatic rings. The molecule has 0 aliphatic carbocycles. The van der Waals surface area contributed by atoms with Crippen LogP contribution < -0.4 is 9.64 Å². The van der Waals surface area contributed by atoms with Crippen molar-refractivity contribution in [2.24, 2.45) is 0 Å². The quantitative estimate of drug-likeness (QED) is 0.872. The lowest BCUT2D eigenvalue weighted by Gasteiger charge is -2.32. The van der Waals surface area contributed by atoms with Crippen LogP contribution in [0.15, 0.2) is 42.5 Å². The number of carbonyl (C=O) groups is 1. The van der Waals surface area contributed by atoms with Crippen LogP contribution in [-0.2, 0) is 4.79 Å². The molecule has 114 valence electrons. The van der Waals surface area contributed by atoms with Crippen LogP contribution in [0.25, 0.3) is 0 Å². The Kier molecular flexibility index (Phi) is 4.09. The van der Waals surface area contributed by atoms with Gasteiger partial charge >= 0.3 is 0 Å². The van der Waals surface area contributed by atoms with Gasteiger partial charge in [-0.1, -0.05) is 18.2 Å². The van der Waals surface area contributed by atoms with Gasteiger partial charge in [-0.25, -0.2) is 4.98 Å². The Hall–Kier alpha value is -2.36. The van der Waals surface area contributed by atoms with Crippen LogP contribution >= 0.6 is 0 Å². The first-order valence-corrected chi connectivity index (χ1v) is 7.55. The van der Waals surface area contributed by atoms with Gasteiger partial charge in [-0.2, -0.15) is 0 Å². The van der Waals surface area contributed by atoms with E-state index in [0.29, 0.717) is 18.9 Å². The molecule has 1 amide bonds. The molecule has 1 aromatic carbocycles. The smallest absolute Gasteiger partial charge is 0.228 e. The summed E-state index contributed by atoms with van der Waals surface area (Å²) >= 11 is 0. The Balaban J connectivity index is 1.82. The zero-order chi connectivity index (χ0) is 15.5. The van der Waals surface area contributed by atoms with E-state index in [4.69, 9.17) is 4.74 Å². The Morgan fingerprint density at radius 1 is 1.18 bits per heavy atom. The van der Waals surface area contributed by atoms with Crippen molar-refractivity contribution in [3.63, 3.8) is 0 Å². The number of aromatic nitrogens is 1. The Morgan fingerprint density at radius 3 is 2.64 bits per heavy atom. The summed E-state index contributed by atoms with van der Waals surface area (Å²) in [6.07, 6.45) is 1.44. The van der Waals surface area contributed by atoms with Gasteiger partial charge in [0.05, 0.1) is 7.11 Å². The highest BCUT2D eigenvalue weighted by Crippen LogP contribution is 2.30. The molecule has 1 atom stereocenters. The number of methoxy groups -OCH3 is 1. The number of piperidine rings is 1. The molecule has 0 radical (unpaired) electrons. The Bertz CT molecular complexity index is 667. The van der Waals surface area contributed by atoms with Crippen molar-refractivity contribution in [2.45, 2.75) is 25.7 Å². The molecule has 4 nitrogen and oxygen atoms in total. The van der Waals surface area contributed by atoms with Gasteiger partial charge in [0.25, 0.3) is 0 Å². The highest BCUT2D eigenvalue weighted by atomic mass is 16.5. The molecule has 1 saturated heterocycles. The molecule has 2 heterocycles. The van der Waals surface area contributed by atoms with Crippen LogP contribution in [-0.4, -0.2) is 24.5 Å². The molecule has 3 rings (SSSR count). The second-order valence-electron chi connectivity index (χ2n) is 5.65. The summed E-state index contributed by atoms with van der Waals surface area (Å²) in [5, 5.41) is 0. The summed E-state index contributed by atoms with van der Waals surface area (Å²) in [5.74, 6) is 2.10. The molecule has 1 aliphatic rings. The number of amides is 1. The lowest BCUT2D eigenvalue weighted by atomic mass is 9.90. The Morgan fingerprint density at radius 2 is 1.95 bits per heavy atom. The predicted octanol–water partition coefficient (Wildman–Crippen LogP) is 3.31. The summed E-state index contributed by atoms with van der Waals surface area (Å²) in [7, 11) is 1.67. The second-order valence-corrected chi connectivity index (χ2v) is 5.65. The number of pyridine rings is 1. The average Bonchev–Trinajstić information content (AvgIpc) is 2.55. The fourth-order valence-electron chi connectivity index (χ4n) is 2.89. The monoisotopic (exact) mass is 296 g/mol. The van der Waals surface area contributed by atoms with Crippen molar-refractivity contribution in [1.29, 1.82) is 0 Å². The van der Waals surface area contributed by atoms with Crippen molar-refractivity contribution in [1.82, 2.24) is 4.98 Å². The van der Waals surface area contributed by atoms with Gasteiger partial charge in [0, 0.05) is 24.6 Å². The predicted molar refractivity (Wildman–Crippen MR) is 86.3 cm³/mol. The maximum Gasteiger partial charge on any atom is 0.228 e. The summed E-state index contributed by atoms with van der Waals surface area (Å²) in [4.78, 5) is 18.5. The second kappa shape index (κ2) is 6.18. The third kappa shape index (κ3) is 2.96. The molecule has 0 bridgehead atoms. The fraction of sp³-hybridized carbons (Fsp3) is 0.333. The maximum absolute atomic E-state index is 12.2. The maximum atomic E-state index is 12.2. The number of carbonyl (C=O) groups excluding carboxylic acids is 1. The van der Waals surface area contributed by atoms with Crippen molar-refractivity contribution < 1.29 is 9.53 Å². The van der Waals surface area contributed by atoms with Crippen LogP contribution in [0.1, 0.15) is 30.0 Å². The molecule has 0 spiro atoms. The number of hydrogen-bond acceptors (Lipinski definition) is 3. The Labute approximate surface area is 130 Å². The molecule has 0 saturated carbocycles. The highest BCUT2D eigenvalue weighted by molar-refractivity contribution is 5.93. The van der Waals surface area contributed by atoms with Crippen LogP contribution in [0, 0.1) is 6.92 Å². The van der Waals surface area contributed by atoms with E-state index in [2.05, 4.69) is 17.1 Å². The first kappa shape index (κ1) is 14.6. The minimum absolute atomic E-state index is 0.155. The van der Waals surface area contributed by atoms with Crippen LogP contribution in [0.2, 0.25) is 0 Å². The number of nitrogens with zero attached hydrogens (tertiary/aromatic N) is 2. The molecule has 0 unspecified atom stereocenters. The van der Waals surface area contributed by atoms with Crippen molar-refractivity contribution in [2.75, 3.05) is 18.6 Å². The van der Waals surface area contributed by atoms with Gasteiger partial charge in [0.1, 0.15) is 11.6 Å². The number of hydrogen-bond donors (Lipinski definition) is 0. The molecular weight excluding hydrogens is 276 g/mol. The van der Waals surface area contributed by atoms with Crippen molar-refractivity contribution in [3.8, 4) is 5.75 Å². The first-order valence-electron chi connectivity index (χ1n) is 7.55. The minimum Gasteiger partial charge on any atom is -0.497 e. The van der Waals surface area contributed by atoms with E-state index in [1.165, 1.54) is 5.56 Å². The summed E-state index contributed by atoms with van der Waals surface area (Å²) in [5.41, 5.74) is 2.17. The van der Waals surface area contributed by atoms with Crippen LogP contribution in [0.4, 0.5) is 5.82 Å². The van der Waals surface area contributed by atoms with Crippen molar-refractivity contribution >= 4 is 11.7 Å². The standard InChI is InChI=1S/C18H20N2O2/c1-13-4-3-5-17(19-13)20-12-15(8-11-18(20)21)14-6-9-16(22-2)10-7-14/h3-7,9-10,15H,8,11-12H2,1-2H3/t15-/m0/s1. The summed E-state index contributed by atoms with van der Waals surface area (Å²) in [6, 6.07) is 13.9. The number of rotatable bonds is 3. The number of benzene rings is 1. The van der Waals surface area contributed by atoms with Crippen molar-refractivity contribution in [3.05, 3.63) is 53.7 Å². The van der Waals surface area contributed by atoms with E-state index in [1.807, 2.05) is 42.2 Å². The normalized spacial score (nSPS) is 18.4. The van der Waals surface area contributed by atoms with Gasteiger partial charge in [-0.3, -0.25) is 9.69 Å². The van der Waals surface area contributed by atoms with E-state index in [1.54, 1.807) is 7.11 Å². The molecule has 1 fully saturated rings. The van der Waals surface area contributed by atoms with E-state index < -0.39 is 0 Å². The topological polar surface area (TPSA) is 42.4 Å². The first-order chi connectivity index (χ1) is 10.7. The van der Waals surface area contributed by atoms with Crippen LogP contribution in [0.5, 0.6) is 5.75 Å². The average molecular weight is 296 g/mol. The van der Waals surface area contributed by atoms with E-state index >= 15 is 0 Å². The zero-order valence-corrected chi connectivity index (χ0v) is 13.0. The molecule has 1 aromatic heterocycles. The van der Waals surface area contributed by atoms with E-state index in [9.17, 15) is 4.79 Å². The van der Waals surface area contributed by atoms with Crippen LogP contribution in [0.3, 0.4) is 0 Å². The molecule has 1 aliphatic heterocycles. The summed E-state index contributed by atoms with van der Waals surface area (Å²) < 4.78 is 5.20. The lowest BCUT2D eigenvalue weighted by molar-refractivity contribution is -0.119. The van der Waals surface area contributed by atoms with Gasteiger partial charge in [-0.15, -0.1) is 0 Å². The van der Waals surface area contributed by atoms with E-state index in [-0.39, 0.29) is 5.91 Å². The van der Waals surface area contributed by atoms with E-state index in [0.717, 1.165) is 23.7 Å². The zero-order valence-electron chi connectivity index (χ0n) is 13.0. The molecular formula is C18H20N2O2. The largest absolute Gasteiger partial charge is 0.497 e. The minimum atomic E-state index is 0.155.